The van der Waals surface area contributed by atoms with Crippen LogP contribution in [-0.4, -0.2) is 5.78 Å². The number of hydrogen-bond donors (Lipinski definition) is 0. The Morgan fingerprint density at radius 1 is 1.11 bits per heavy atom. The van der Waals surface area contributed by atoms with Crippen molar-refractivity contribution in [1.82, 2.24) is 0 Å². The first-order valence-electron chi connectivity index (χ1n) is 5.68. The highest BCUT2D eigenvalue weighted by molar-refractivity contribution is 6.30. The lowest BCUT2D eigenvalue weighted by atomic mass is 10.0. The Bertz CT molecular complexity index is 549. The summed E-state index contributed by atoms with van der Waals surface area (Å²) < 4.78 is 12.7. The molecule has 0 aliphatic heterocycles. The molecule has 0 amide bonds. The molecule has 2 rings (SSSR count). The Morgan fingerprint density at radius 3 is 2.50 bits per heavy atom. The maximum Gasteiger partial charge on any atom is 0.163 e. The van der Waals surface area contributed by atoms with Gasteiger partial charge in [-0.3, -0.25) is 4.79 Å². The van der Waals surface area contributed by atoms with E-state index in [1.165, 1.54) is 24.3 Å². The van der Waals surface area contributed by atoms with Crippen molar-refractivity contribution in [2.24, 2.45) is 0 Å². The highest BCUT2D eigenvalue weighted by atomic mass is 35.5. The van der Waals surface area contributed by atoms with Gasteiger partial charge in [0.05, 0.1) is 0 Å². The molecular formula is C15H12ClFO. The standard InChI is InChI=1S/C15H12ClFO/c16-13-3-1-2-11(10-13)4-9-15(18)12-5-7-14(17)8-6-12/h1-3,5-8,10H,4,9H2. The first-order chi connectivity index (χ1) is 8.65. The molecule has 0 saturated carbocycles. The Morgan fingerprint density at radius 2 is 1.83 bits per heavy atom. The fourth-order valence-corrected chi connectivity index (χ4v) is 1.94. The molecule has 0 heterocycles. The highest BCUT2D eigenvalue weighted by Gasteiger charge is 2.06. The van der Waals surface area contributed by atoms with Crippen LogP contribution in [0.2, 0.25) is 5.02 Å². The first-order valence-corrected chi connectivity index (χ1v) is 6.06. The summed E-state index contributed by atoms with van der Waals surface area (Å²) in [5.74, 6) is -0.323. The molecule has 92 valence electrons. The Balaban J connectivity index is 1.98. The molecular weight excluding hydrogens is 251 g/mol. The number of aryl methyl sites for hydroxylation is 1. The molecule has 0 aromatic heterocycles. The molecule has 0 saturated heterocycles. The second kappa shape index (κ2) is 5.78. The number of rotatable bonds is 4. The largest absolute Gasteiger partial charge is 0.294 e. The van der Waals surface area contributed by atoms with Crippen LogP contribution in [-0.2, 0) is 6.42 Å². The van der Waals surface area contributed by atoms with Gasteiger partial charge in [0.2, 0.25) is 0 Å². The van der Waals surface area contributed by atoms with Gasteiger partial charge in [-0.15, -0.1) is 0 Å². The van der Waals surface area contributed by atoms with Crippen LogP contribution in [0.15, 0.2) is 48.5 Å². The zero-order valence-electron chi connectivity index (χ0n) is 9.70. The maximum atomic E-state index is 12.7. The van der Waals surface area contributed by atoms with Crippen LogP contribution in [0.3, 0.4) is 0 Å². The molecule has 0 N–H and O–H groups in total. The number of ketones is 1. The Hall–Kier alpha value is -1.67. The number of hydrogen-bond acceptors (Lipinski definition) is 1. The average Bonchev–Trinajstić information content (AvgIpc) is 2.37. The molecule has 2 aromatic carbocycles. The van der Waals surface area contributed by atoms with E-state index in [1.54, 1.807) is 6.07 Å². The van der Waals surface area contributed by atoms with E-state index in [2.05, 4.69) is 0 Å². The van der Waals surface area contributed by atoms with E-state index in [-0.39, 0.29) is 11.6 Å². The summed E-state index contributed by atoms with van der Waals surface area (Å²) in [6.07, 6.45) is 1.03. The number of halogens is 2. The van der Waals surface area contributed by atoms with E-state index >= 15 is 0 Å². The van der Waals surface area contributed by atoms with Gasteiger partial charge in [0, 0.05) is 17.0 Å². The van der Waals surface area contributed by atoms with Crippen molar-refractivity contribution >= 4 is 17.4 Å². The minimum atomic E-state index is -0.332. The van der Waals surface area contributed by atoms with Gasteiger partial charge in [0.1, 0.15) is 5.82 Å². The minimum Gasteiger partial charge on any atom is -0.294 e. The summed E-state index contributed by atoms with van der Waals surface area (Å²) in [6, 6.07) is 13.1. The van der Waals surface area contributed by atoms with Gasteiger partial charge in [-0.25, -0.2) is 4.39 Å². The second-order valence-electron chi connectivity index (χ2n) is 4.06. The van der Waals surface area contributed by atoms with E-state index in [4.69, 9.17) is 11.6 Å². The van der Waals surface area contributed by atoms with Crippen molar-refractivity contribution in [3.05, 3.63) is 70.5 Å². The van der Waals surface area contributed by atoms with Gasteiger partial charge < -0.3 is 0 Å². The van der Waals surface area contributed by atoms with Gasteiger partial charge in [-0.2, -0.15) is 0 Å². The lowest BCUT2D eigenvalue weighted by molar-refractivity contribution is 0.0983. The molecule has 18 heavy (non-hydrogen) atoms. The molecule has 0 fully saturated rings. The number of Topliss-reactive ketones (excluding diaryl/α,β-unsaturated/α-hetero) is 1. The lowest BCUT2D eigenvalue weighted by Crippen LogP contribution is -2.01. The molecule has 0 bridgehead atoms. The third kappa shape index (κ3) is 3.41. The van der Waals surface area contributed by atoms with Gasteiger partial charge >= 0.3 is 0 Å². The Kier molecular flexibility index (Phi) is 4.11. The monoisotopic (exact) mass is 262 g/mol. The van der Waals surface area contributed by atoms with E-state index in [0.29, 0.717) is 23.4 Å². The summed E-state index contributed by atoms with van der Waals surface area (Å²) in [7, 11) is 0. The maximum absolute atomic E-state index is 12.7. The van der Waals surface area contributed by atoms with Crippen molar-refractivity contribution < 1.29 is 9.18 Å². The van der Waals surface area contributed by atoms with Gasteiger partial charge in [-0.1, -0.05) is 23.7 Å². The average molecular weight is 263 g/mol. The molecule has 0 aliphatic carbocycles. The molecule has 0 aliphatic rings. The van der Waals surface area contributed by atoms with Crippen molar-refractivity contribution in [3.8, 4) is 0 Å². The van der Waals surface area contributed by atoms with Crippen LogP contribution >= 0.6 is 11.6 Å². The van der Waals surface area contributed by atoms with Crippen LogP contribution in [0.1, 0.15) is 22.3 Å². The molecule has 3 heteroatoms. The van der Waals surface area contributed by atoms with Crippen LogP contribution in [0, 0.1) is 5.82 Å². The van der Waals surface area contributed by atoms with Crippen molar-refractivity contribution in [2.75, 3.05) is 0 Å². The van der Waals surface area contributed by atoms with Crippen LogP contribution in [0.4, 0.5) is 4.39 Å². The third-order valence-corrected chi connectivity index (χ3v) is 2.93. The summed E-state index contributed by atoms with van der Waals surface area (Å²) in [6.45, 7) is 0. The third-order valence-electron chi connectivity index (χ3n) is 2.70. The van der Waals surface area contributed by atoms with Crippen LogP contribution < -0.4 is 0 Å². The number of benzene rings is 2. The summed E-state index contributed by atoms with van der Waals surface area (Å²) in [4.78, 5) is 11.9. The van der Waals surface area contributed by atoms with Crippen LogP contribution in [0.25, 0.3) is 0 Å². The normalized spacial score (nSPS) is 10.3. The van der Waals surface area contributed by atoms with E-state index in [9.17, 15) is 9.18 Å². The molecule has 2 aromatic rings. The van der Waals surface area contributed by atoms with E-state index in [1.807, 2.05) is 18.2 Å². The summed E-state index contributed by atoms with van der Waals surface area (Å²) in [5.41, 5.74) is 1.57. The molecule has 0 atom stereocenters. The second-order valence-corrected chi connectivity index (χ2v) is 4.50. The fraction of sp³-hybridized carbons (Fsp3) is 0.133. The first kappa shape index (κ1) is 12.8. The van der Waals surface area contributed by atoms with Gasteiger partial charge in [-0.05, 0) is 48.4 Å². The van der Waals surface area contributed by atoms with Crippen molar-refractivity contribution in [3.63, 3.8) is 0 Å². The Labute approximate surface area is 110 Å². The summed E-state index contributed by atoms with van der Waals surface area (Å²) in [5, 5.41) is 0.668. The van der Waals surface area contributed by atoms with Crippen LogP contribution in [0.5, 0.6) is 0 Å². The highest BCUT2D eigenvalue weighted by Crippen LogP contribution is 2.14. The number of carbonyl (C=O) groups is 1. The van der Waals surface area contributed by atoms with Crippen molar-refractivity contribution in [2.45, 2.75) is 12.8 Å². The zero-order chi connectivity index (χ0) is 13.0. The molecule has 0 radical (unpaired) electrons. The predicted octanol–water partition coefficient (Wildman–Crippen LogP) is 4.29. The quantitative estimate of drug-likeness (QED) is 0.751. The topological polar surface area (TPSA) is 17.1 Å². The fourth-order valence-electron chi connectivity index (χ4n) is 1.73. The predicted molar refractivity (Wildman–Crippen MR) is 70.5 cm³/mol. The van der Waals surface area contributed by atoms with Crippen molar-refractivity contribution in [1.29, 1.82) is 0 Å². The minimum absolute atomic E-state index is 0.00924. The SMILES string of the molecule is O=C(CCc1cccc(Cl)c1)c1ccc(F)cc1. The van der Waals surface area contributed by atoms with E-state index < -0.39 is 0 Å². The van der Waals surface area contributed by atoms with E-state index in [0.717, 1.165) is 5.56 Å². The molecule has 0 spiro atoms. The van der Waals surface area contributed by atoms with Gasteiger partial charge in [0.25, 0.3) is 0 Å². The lowest BCUT2D eigenvalue weighted by Gasteiger charge is -2.02. The smallest absolute Gasteiger partial charge is 0.163 e. The number of carbonyl (C=O) groups excluding carboxylic acids is 1. The van der Waals surface area contributed by atoms with Gasteiger partial charge in [0.15, 0.2) is 5.78 Å². The molecule has 0 unspecified atom stereocenters. The zero-order valence-corrected chi connectivity index (χ0v) is 10.5. The summed E-state index contributed by atoms with van der Waals surface area (Å²) >= 11 is 5.87. The molecule has 1 nitrogen and oxygen atoms in total.